The maximum Gasteiger partial charge on any atom is 0.298 e. The van der Waals surface area contributed by atoms with Crippen molar-refractivity contribution >= 4 is 11.4 Å². The van der Waals surface area contributed by atoms with Crippen molar-refractivity contribution in [1.29, 1.82) is 0 Å². The fraction of sp³-hybridized carbons (Fsp3) is 0.455. The van der Waals surface area contributed by atoms with Gasteiger partial charge in [0.15, 0.2) is 5.82 Å². The number of nitrogens with zero attached hydrogens (tertiary/aromatic N) is 1. The van der Waals surface area contributed by atoms with Crippen LogP contribution in [0, 0.1) is 21.7 Å². The van der Waals surface area contributed by atoms with Crippen LogP contribution < -0.4 is 5.32 Å². The van der Waals surface area contributed by atoms with Gasteiger partial charge in [-0.1, -0.05) is 0 Å². The fourth-order valence-corrected chi connectivity index (χ4v) is 1.95. The molecule has 0 spiro atoms. The summed E-state index contributed by atoms with van der Waals surface area (Å²) in [4.78, 5) is 9.97. The Morgan fingerprint density at radius 1 is 1.50 bits per heavy atom. The predicted molar refractivity (Wildman–Crippen MR) is 60.5 cm³/mol. The average Bonchev–Trinajstić information content (AvgIpc) is 2.67. The molecule has 1 N–H and O–H groups in total. The Labute approximate surface area is 102 Å². The molecule has 1 aliphatic rings. The Bertz CT molecular complexity index is 482. The van der Waals surface area contributed by atoms with E-state index in [1.165, 1.54) is 0 Å². The summed E-state index contributed by atoms with van der Waals surface area (Å²) in [6.07, 6.45) is 0.448. The number of nitrogens with one attached hydrogen (secondary N) is 1. The predicted octanol–water partition coefficient (Wildman–Crippen LogP) is 2.46. The van der Waals surface area contributed by atoms with Gasteiger partial charge in [-0.05, 0) is 13.3 Å². The summed E-state index contributed by atoms with van der Waals surface area (Å²) in [6, 6.07) is 1.10. The summed E-state index contributed by atoms with van der Waals surface area (Å²) in [5.41, 5.74) is -0.893. The number of hydrogen-bond acceptors (Lipinski definition) is 4. The second-order valence-corrected chi connectivity index (χ2v) is 4.15. The van der Waals surface area contributed by atoms with Crippen molar-refractivity contribution in [2.24, 2.45) is 0 Å². The molecule has 0 aromatic heterocycles. The van der Waals surface area contributed by atoms with E-state index in [4.69, 9.17) is 4.74 Å². The minimum atomic E-state index is -0.972. The highest BCUT2D eigenvalue weighted by Gasteiger charge is 2.28. The van der Waals surface area contributed by atoms with Crippen molar-refractivity contribution in [2.75, 3.05) is 11.9 Å². The largest absolute Gasteiger partial charge is 0.376 e. The van der Waals surface area contributed by atoms with Crippen LogP contribution >= 0.6 is 0 Å². The molecule has 1 aromatic carbocycles. The Morgan fingerprint density at radius 3 is 2.78 bits per heavy atom. The highest BCUT2D eigenvalue weighted by molar-refractivity contribution is 5.63. The lowest BCUT2D eigenvalue weighted by molar-refractivity contribution is -0.384. The van der Waals surface area contributed by atoms with Gasteiger partial charge in [0, 0.05) is 12.7 Å². The van der Waals surface area contributed by atoms with Crippen LogP contribution in [0.5, 0.6) is 0 Å². The second-order valence-electron chi connectivity index (χ2n) is 4.15. The summed E-state index contributed by atoms with van der Waals surface area (Å²) in [6.45, 7) is 2.30. The molecule has 0 aliphatic carbocycles. The lowest BCUT2D eigenvalue weighted by atomic mass is 10.1. The first-order chi connectivity index (χ1) is 8.49. The Hall–Kier alpha value is -1.76. The van der Waals surface area contributed by atoms with E-state index in [1.54, 1.807) is 6.92 Å². The Balaban J connectivity index is 2.33. The summed E-state index contributed by atoms with van der Waals surface area (Å²) < 4.78 is 31.8. The van der Waals surface area contributed by atoms with Crippen LogP contribution in [0.1, 0.15) is 13.3 Å². The average molecular weight is 258 g/mol. The SMILES string of the molecule is CC1OCCC1Nc1c(F)cc(F)cc1[N+](=O)[O-]. The summed E-state index contributed by atoms with van der Waals surface area (Å²) in [5.74, 6) is -1.94. The maximum absolute atomic E-state index is 13.6. The number of nitro benzene ring substituents is 1. The van der Waals surface area contributed by atoms with Gasteiger partial charge in [0.25, 0.3) is 5.69 Å². The summed E-state index contributed by atoms with van der Waals surface area (Å²) in [7, 11) is 0. The molecule has 0 radical (unpaired) electrons. The van der Waals surface area contributed by atoms with E-state index in [1.807, 2.05) is 0 Å². The first-order valence-electron chi connectivity index (χ1n) is 5.50. The van der Waals surface area contributed by atoms with Crippen LogP contribution in [0.3, 0.4) is 0 Å². The maximum atomic E-state index is 13.6. The van der Waals surface area contributed by atoms with E-state index < -0.39 is 22.2 Å². The summed E-state index contributed by atoms with van der Waals surface area (Å²) in [5, 5.41) is 13.5. The molecule has 1 heterocycles. The van der Waals surface area contributed by atoms with Crippen LogP contribution in [0.4, 0.5) is 20.2 Å². The van der Waals surface area contributed by atoms with Gasteiger partial charge >= 0.3 is 0 Å². The monoisotopic (exact) mass is 258 g/mol. The fourth-order valence-electron chi connectivity index (χ4n) is 1.95. The van der Waals surface area contributed by atoms with Crippen LogP contribution in [-0.4, -0.2) is 23.7 Å². The molecule has 0 saturated carbocycles. The Morgan fingerprint density at radius 2 is 2.22 bits per heavy atom. The molecule has 1 saturated heterocycles. The van der Waals surface area contributed by atoms with Crippen LogP contribution in [0.25, 0.3) is 0 Å². The van der Waals surface area contributed by atoms with E-state index in [0.717, 1.165) is 0 Å². The van der Waals surface area contributed by atoms with E-state index >= 15 is 0 Å². The molecular weight excluding hydrogens is 246 g/mol. The zero-order valence-corrected chi connectivity index (χ0v) is 9.65. The molecule has 7 heteroatoms. The molecule has 5 nitrogen and oxygen atoms in total. The molecule has 1 aromatic rings. The number of benzene rings is 1. The van der Waals surface area contributed by atoms with E-state index in [0.29, 0.717) is 25.2 Å². The number of halogens is 2. The normalized spacial score (nSPS) is 23.1. The molecule has 18 heavy (non-hydrogen) atoms. The third-order valence-electron chi connectivity index (χ3n) is 2.94. The number of anilines is 1. The van der Waals surface area contributed by atoms with Gasteiger partial charge in [-0.15, -0.1) is 0 Å². The van der Waals surface area contributed by atoms with E-state index in [9.17, 15) is 18.9 Å². The molecule has 0 amide bonds. The minimum absolute atomic E-state index is 0.172. The van der Waals surface area contributed by atoms with Crippen molar-refractivity contribution < 1.29 is 18.4 Å². The quantitative estimate of drug-likeness (QED) is 0.668. The lowest BCUT2D eigenvalue weighted by Crippen LogP contribution is -2.27. The number of nitro groups is 1. The molecular formula is C11H12F2N2O3. The summed E-state index contributed by atoms with van der Waals surface area (Å²) >= 11 is 0. The van der Waals surface area contributed by atoms with Crippen molar-refractivity contribution in [3.05, 3.63) is 33.9 Å². The van der Waals surface area contributed by atoms with Gasteiger partial charge in [0.2, 0.25) is 0 Å². The standard InChI is InChI=1S/C11H12F2N2O3/c1-6-9(2-3-18-6)14-11-8(13)4-7(12)5-10(11)15(16)17/h4-6,9,14H,2-3H2,1H3. The Kier molecular flexibility index (Phi) is 3.42. The molecule has 1 aliphatic heterocycles. The molecule has 2 atom stereocenters. The smallest absolute Gasteiger partial charge is 0.298 e. The topological polar surface area (TPSA) is 64.4 Å². The van der Waals surface area contributed by atoms with Gasteiger partial charge in [-0.25, -0.2) is 8.78 Å². The third kappa shape index (κ3) is 2.40. The van der Waals surface area contributed by atoms with E-state index in [-0.39, 0.29) is 17.8 Å². The van der Waals surface area contributed by atoms with Crippen molar-refractivity contribution in [3.8, 4) is 0 Å². The zero-order chi connectivity index (χ0) is 13.3. The van der Waals surface area contributed by atoms with Crippen molar-refractivity contribution in [1.82, 2.24) is 0 Å². The molecule has 0 bridgehead atoms. The molecule has 1 fully saturated rings. The highest BCUT2D eigenvalue weighted by atomic mass is 19.1. The zero-order valence-electron chi connectivity index (χ0n) is 9.65. The molecule has 2 rings (SSSR count). The van der Waals surface area contributed by atoms with Gasteiger partial charge < -0.3 is 10.1 Å². The van der Waals surface area contributed by atoms with E-state index in [2.05, 4.69) is 5.32 Å². The van der Waals surface area contributed by atoms with Crippen LogP contribution in [-0.2, 0) is 4.74 Å². The van der Waals surface area contributed by atoms with Gasteiger partial charge in [-0.2, -0.15) is 0 Å². The lowest BCUT2D eigenvalue weighted by Gasteiger charge is -2.17. The van der Waals surface area contributed by atoms with Gasteiger partial charge in [0.05, 0.1) is 23.1 Å². The number of rotatable bonds is 3. The van der Waals surface area contributed by atoms with Crippen LogP contribution in [0.15, 0.2) is 12.1 Å². The van der Waals surface area contributed by atoms with Crippen LogP contribution in [0.2, 0.25) is 0 Å². The number of ether oxygens (including phenoxy) is 1. The molecule has 98 valence electrons. The van der Waals surface area contributed by atoms with Gasteiger partial charge in [0.1, 0.15) is 11.5 Å². The first kappa shape index (κ1) is 12.7. The van der Waals surface area contributed by atoms with Crippen molar-refractivity contribution in [3.63, 3.8) is 0 Å². The second kappa shape index (κ2) is 4.85. The van der Waals surface area contributed by atoms with Crippen molar-refractivity contribution in [2.45, 2.75) is 25.5 Å². The molecule has 2 unspecified atom stereocenters. The third-order valence-corrected chi connectivity index (χ3v) is 2.94. The number of hydrogen-bond donors (Lipinski definition) is 1. The van der Waals surface area contributed by atoms with Gasteiger partial charge in [-0.3, -0.25) is 10.1 Å². The minimum Gasteiger partial charge on any atom is -0.376 e. The highest BCUT2D eigenvalue weighted by Crippen LogP contribution is 2.31. The first-order valence-corrected chi connectivity index (χ1v) is 5.50.